The maximum absolute atomic E-state index is 12.6. The number of hydrogen-bond acceptors (Lipinski definition) is 4. The van der Waals surface area contributed by atoms with E-state index < -0.39 is 0 Å². The fourth-order valence-electron chi connectivity index (χ4n) is 6.01. The Morgan fingerprint density at radius 3 is 2.33 bits per heavy atom. The molecule has 0 aliphatic heterocycles. The van der Waals surface area contributed by atoms with E-state index >= 15 is 0 Å². The van der Waals surface area contributed by atoms with Gasteiger partial charge in [0.2, 0.25) is 17.7 Å². The van der Waals surface area contributed by atoms with Gasteiger partial charge in [0, 0.05) is 23.9 Å². The van der Waals surface area contributed by atoms with Gasteiger partial charge in [0.1, 0.15) is 0 Å². The quantitative estimate of drug-likeness (QED) is 0.867. The molecular formula is C22H27N3O2. The van der Waals surface area contributed by atoms with Crippen molar-refractivity contribution >= 4 is 5.91 Å². The van der Waals surface area contributed by atoms with E-state index in [1.165, 1.54) is 44.1 Å². The molecule has 4 saturated carbocycles. The van der Waals surface area contributed by atoms with E-state index in [1.54, 1.807) is 0 Å². The number of rotatable bonds is 5. The summed E-state index contributed by atoms with van der Waals surface area (Å²) in [6.07, 6.45) is 8.62. The van der Waals surface area contributed by atoms with Crippen LogP contribution in [0.4, 0.5) is 0 Å². The van der Waals surface area contributed by atoms with Crippen LogP contribution in [0.15, 0.2) is 28.7 Å². The van der Waals surface area contributed by atoms with Crippen LogP contribution in [0.1, 0.15) is 56.4 Å². The second-order valence-electron chi connectivity index (χ2n) is 9.11. The molecule has 4 bridgehead atoms. The number of benzene rings is 1. The van der Waals surface area contributed by atoms with Crippen LogP contribution in [-0.4, -0.2) is 21.6 Å². The molecule has 4 aliphatic carbocycles. The molecule has 27 heavy (non-hydrogen) atoms. The lowest BCUT2D eigenvalue weighted by Gasteiger charge is -2.56. The Hall–Kier alpha value is -2.17. The fourth-order valence-corrected chi connectivity index (χ4v) is 6.01. The lowest BCUT2D eigenvalue weighted by molar-refractivity contribution is -0.126. The van der Waals surface area contributed by atoms with E-state index in [0.29, 0.717) is 24.6 Å². The van der Waals surface area contributed by atoms with Crippen molar-refractivity contribution < 1.29 is 9.21 Å². The molecule has 4 fully saturated rings. The SMILES string of the molecule is Cc1ccc(-c2nnc(CCC(=O)NC34CC5CC(CC(C5)C3)C4)o2)cc1. The largest absolute Gasteiger partial charge is 0.421 e. The van der Waals surface area contributed by atoms with Gasteiger partial charge in [-0.05, 0) is 75.3 Å². The molecule has 142 valence electrons. The lowest BCUT2D eigenvalue weighted by Crippen LogP contribution is -2.59. The van der Waals surface area contributed by atoms with Crippen molar-refractivity contribution in [1.29, 1.82) is 0 Å². The number of carbonyl (C=O) groups is 1. The van der Waals surface area contributed by atoms with Crippen molar-refractivity contribution in [3.8, 4) is 11.5 Å². The zero-order chi connectivity index (χ0) is 18.4. The molecule has 1 N–H and O–H groups in total. The fraction of sp³-hybridized carbons (Fsp3) is 0.591. The maximum Gasteiger partial charge on any atom is 0.247 e. The van der Waals surface area contributed by atoms with Gasteiger partial charge in [-0.1, -0.05) is 17.7 Å². The number of nitrogens with one attached hydrogen (secondary N) is 1. The number of aryl methyl sites for hydroxylation is 2. The van der Waals surface area contributed by atoms with Crippen molar-refractivity contribution in [2.24, 2.45) is 17.8 Å². The summed E-state index contributed by atoms with van der Waals surface area (Å²) in [7, 11) is 0. The van der Waals surface area contributed by atoms with Crippen LogP contribution in [0.2, 0.25) is 0 Å². The van der Waals surface area contributed by atoms with Gasteiger partial charge in [-0.2, -0.15) is 0 Å². The molecule has 5 heteroatoms. The standard InChI is InChI=1S/C22H27N3O2/c1-14-2-4-18(5-3-14)21-25-24-20(27-21)7-6-19(26)23-22-11-15-8-16(12-22)10-17(9-15)13-22/h2-5,15-17H,6-13H2,1H3,(H,23,26). The minimum Gasteiger partial charge on any atom is -0.421 e. The highest BCUT2D eigenvalue weighted by atomic mass is 16.4. The van der Waals surface area contributed by atoms with Gasteiger partial charge in [-0.15, -0.1) is 10.2 Å². The first kappa shape index (κ1) is 17.0. The van der Waals surface area contributed by atoms with Crippen molar-refractivity contribution in [2.45, 2.75) is 63.8 Å². The minimum atomic E-state index is 0.0771. The molecule has 0 radical (unpaired) electrons. The first-order valence-electron chi connectivity index (χ1n) is 10.3. The molecule has 2 aromatic rings. The van der Waals surface area contributed by atoms with Gasteiger partial charge in [0.15, 0.2) is 0 Å². The normalized spacial score (nSPS) is 31.2. The molecule has 1 amide bonds. The van der Waals surface area contributed by atoms with Gasteiger partial charge >= 0.3 is 0 Å². The predicted molar refractivity (Wildman–Crippen MR) is 102 cm³/mol. The Bertz CT molecular complexity index is 804. The van der Waals surface area contributed by atoms with Crippen LogP contribution in [-0.2, 0) is 11.2 Å². The Labute approximate surface area is 159 Å². The third-order valence-electron chi connectivity index (χ3n) is 6.77. The Balaban J connectivity index is 1.19. The van der Waals surface area contributed by atoms with Crippen LogP contribution in [0.25, 0.3) is 11.5 Å². The molecule has 0 atom stereocenters. The van der Waals surface area contributed by atoms with E-state index in [4.69, 9.17) is 4.42 Å². The Morgan fingerprint density at radius 1 is 1.07 bits per heavy atom. The summed E-state index contributed by atoms with van der Waals surface area (Å²) < 4.78 is 5.75. The molecule has 0 saturated heterocycles. The van der Waals surface area contributed by atoms with E-state index in [2.05, 4.69) is 15.5 Å². The summed E-state index contributed by atoms with van der Waals surface area (Å²) in [6.45, 7) is 2.05. The van der Waals surface area contributed by atoms with Gasteiger partial charge < -0.3 is 9.73 Å². The Morgan fingerprint density at radius 2 is 1.70 bits per heavy atom. The highest BCUT2D eigenvalue weighted by Gasteiger charge is 2.51. The van der Waals surface area contributed by atoms with Crippen LogP contribution in [0.3, 0.4) is 0 Å². The topological polar surface area (TPSA) is 68.0 Å². The Kier molecular flexibility index (Phi) is 4.06. The van der Waals surface area contributed by atoms with Crippen molar-refractivity contribution in [3.63, 3.8) is 0 Å². The van der Waals surface area contributed by atoms with E-state index in [9.17, 15) is 4.79 Å². The minimum absolute atomic E-state index is 0.0771. The molecule has 6 rings (SSSR count). The van der Waals surface area contributed by atoms with Crippen LogP contribution in [0, 0.1) is 24.7 Å². The number of carbonyl (C=O) groups excluding carboxylic acids is 1. The maximum atomic E-state index is 12.6. The first-order valence-corrected chi connectivity index (χ1v) is 10.3. The van der Waals surface area contributed by atoms with Gasteiger partial charge in [0.25, 0.3) is 0 Å². The summed E-state index contributed by atoms with van der Waals surface area (Å²) >= 11 is 0. The van der Waals surface area contributed by atoms with Crippen molar-refractivity contribution in [1.82, 2.24) is 15.5 Å². The zero-order valence-electron chi connectivity index (χ0n) is 15.9. The highest BCUT2D eigenvalue weighted by Crippen LogP contribution is 2.55. The third-order valence-corrected chi connectivity index (χ3v) is 6.77. The average Bonchev–Trinajstić information content (AvgIpc) is 3.08. The summed E-state index contributed by atoms with van der Waals surface area (Å²) in [4.78, 5) is 12.6. The summed E-state index contributed by atoms with van der Waals surface area (Å²) in [5.41, 5.74) is 2.19. The van der Waals surface area contributed by atoms with Gasteiger partial charge in [-0.25, -0.2) is 0 Å². The predicted octanol–water partition coefficient (Wildman–Crippen LogP) is 4.06. The zero-order valence-corrected chi connectivity index (χ0v) is 15.9. The number of nitrogens with zero attached hydrogens (tertiary/aromatic N) is 2. The highest BCUT2D eigenvalue weighted by molar-refractivity contribution is 5.77. The average molecular weight is 365 g/mol. The van der Waals surface area contributed by atoms with E-state index in [0.717, 1.165) is 23.3 Å². The van der Waals surface area contributed by atoms with Gasteiger partial charge in [0.05, 0.1) is 0 Å². The molecule has 0 spiro atoms. The molecule has 5 nitrogen and oxygen atoms in total. The second-order valence-corrected chi connectivity index (χ2v) is 9.11. The van der Waals surface area contributed by atoms with E-state index in [1.807, 2.05) is 31.2 Å². The first-order chi connectivity index (χ1) is 13.1. The third kappa shape index (κ3) is 3.40. The summed E-state index contributed by atoms with van der Waals surface area (Å²) in [5.74, 6) is 3.70. The molecule has 4 aliphatic rings. The van der Waals surface area contributed by atoms with E-state index in [-0.39, 0.29) is 11.4 Å². The summed E-state index contributed by atoms with van der Waals surface area (Å²) in [6, 6.07) is 8.01. The molecule has 1 aromatic carbocycles. The van der Waals surface area contributed by atoms with Crippen LogP contribution in [0.5, 0.6) is 0 Å². The second kappa shape index (κ2) is 6.47. The molecular weight excluding hydrogens is 338 g/mol. The van der Waals surface area contributed by atoms with Crippen molar-refractivity contribution in [3.05, 3.63) is 35.7 Å². The smallest absolute Gasteiger partial charge is 0.247 e. The lowest BCUT2D eigenvalue weighted by atomic mass is 9.53. The van der Waals surface area contributed by atoms with Crippen molar-refractivity contribution in [2.75, 3.05) is 0 Å². The molecule has 1 heterocycles. The van der Waals surface area contributed by atoms with Gasteiger partial charge in [-0.3, -0.25) is 4.79 Å². The summed E-state index contributed by atoms with van der Waals surface area (Å²) in [5, 5.41) is 11.7. The number of aromatic nitrogens is 2. The molecule has 1 aromatic heterocycles. The van der Waals surface area contributed by atoms with Crippen LogP contribution >= 0.6 is 0 Å². The number of hydrogen-bond donors (Lipinski definition) is 1. The monoisotopic (exact) mass is 365 g/mol. The van der Waals surface area contributed by atoms with Crippen LogP contribution < -0.4 is 5.32 Å². The number of amides is 1. The molecule has 0 unspecified atom stereocenters.